The molecule has 6 nitrogen and oxygen atoms in total. The maximum Gasteiger partial charge on any atom is 0.263 e. The number of methoxy groups -OCH3 is 1. The molecule has 1 unspecified atom stereocenters. The fourth-order valence-corrected chi connectivity index (χ4v) is 4.57. The number of nitrogens with zero attached hydrogens (tertiary/aromatic N) is 1. The number of hydrogen-bond acceptors (Lipinski definition) is 6. The molecule has 156 valence electrons. The molecule has 1 N–H and O–H groups in total. The Morgan fingerprint density at radius 3 is 2.77 bits per heavy atom. The average Bonchev–Trinajstić information content (AvgIpc) is 3.36. The predicted octanol–water partition coefficient (Wildman–Crippen LogP) is 4.45. The first-order valence-electron chi connectivity index (χ1n) is 9.81. The number of carbonyl (C=O) groups excluding carboxylic acids is 1. The van der Waals surface area contributed by atoms with Crippen molar-refractivity contribution in [3.63, 3.8) is 0 Å². The van der Waals surface area contributed by atoms with Gasteiger partial charge in [0.2, 0.25) is 6.79 Å². The monoisotopic (exact) mass is 424 g/mol. The third-order valence-corrected chi connectivity index (χ3v) is 6.21. The average molecular weight is 425 g/mol. The van der Waals surface area contributed by atoms with Crippen LogP contribution in [0.2, 0.25) is 0 Å². The Kier molecular flexibility index (Phi) is 5.90. The summed E-state index contributed by atoms with van der Waals surface area (Å²) in [5.74, 6) is 2.26. The van der Waals surface area contributed by atoms with Crippen LogP contribution in [0.3, 0.4) is 0 Å². The number of benzene rings is 2. The molecule has 3 aromatic rings. The summed E-state index contributed by atoms with van der Waals surface area (Å²) in [6, 6.07) is 14.0. The van der Waals surface area contributed by atoms with Crippen LogP contribution in [0.5, 0.6) is 17.2 Å². The minimum atomic E-state index is -0.0810. The largest absolute Gasteiger partial charge is 0.496 e. The number of carbonyl (C=O) groups is 1. The predicted molar refractivity (Wildman–Crippen MR) is 116 cm³/mol. The van der Waals surface area contributed by atoms with Gasteiger partial charge in [0.05, 0.1) is 17.8 Å². The Hall–Kier alpha value is -3.06. The van der Waals surface area contributed by atoms with Crippen molar-refractivity contribution in [1.29, 1.82) is 0 Å². The van der Waals surface area contributed by atoms with Crippen LogP contribution < -0.4 is 19.5 Å². The molecule has 2 aromatic carbocycles. The van der Waals surface area contributed by atoms with Crippen molar-refractivity contribution < 1.29 is 19.0 Å². The lowest BCUT2D eigenvalue weighted by Gasteiger charge is -2.21. The van der Waals surface area contributed by atoms with Gasteiger partial charge in [0.1, 0.15) is 10.6 Å². The highest BCUT2D eigenvalue weighted by atomic mass is 32.1. The molecule has 0 spiro atoms. The van der Waals surface area contributed by atoms with Gasteiger partial charge in [-0.15, -0.1) is 11.3 Å². The number of ether oxygens (including phenoxy) is 3. The van der Waals surface area contributed by atoms with Gasteiger partial charge in [-0.1, -0.05) is 24.3 Å². The van der Waals surface area contributed by atoms with Crippen LogP contribution in [0, 0.1) is 13.8 Å². The fraction of sp³-hybridized carbons (Fsp3) is 0.304. The number of aryl methyl sites for hydroxylation is 2. The van der Waals surface area contributed by atoms with Crippen molar-refractivity contribution in [2.24, 2.45) is 0 Å². The summed E-state index contributed by atoms with van der Waals surface area (Å²) in [5, 5.41) is 3.94. The molecular weight excluding hydrogens is 400 g/mol. The van der Waals surface area contributed by atoms with Crippen LogP contribution in [0.15, 0.2) is 42.5 Å². The van der Waals surface area contributed by atoms with E-state index in [4.69, 9.17) is 14.2 Å². The van der Waals surface area contributed by atoms with Crippen molar-refractivity contribution in [2.45, 2.75) is 26.2 Å². The first-order valence-corrected chi connectivity index (χ1v) is 10.6. The smallest absolute Gasteiger partial charge is 0.263 e. The second-order valence-electron chi connectivity index (χ2n) is 7.10. The molecule has 0 fully saturated rings. The summed E-state index contributed by atoms with van der Waals surface area (Å²) in [7, 11) is 1.67. The standard InChI is InChI=1S/C23H24N2O4S/c1-14-22(30-15(2)25-14)23(26)24-11-10-17(18-6-4-5-7-19(18)27-3)16-8-9-20-21(12-16)29-13-28-20/h4-9,12,17H,10-11,13H2,1-3H3,(H,24,26). The third kappa shape index (κ3) is 4.11. The molecule has 1 amide bonds. The van der Waals surface area contributed by atoms with Gasteiger partial charge in [0.15, 0.2) is 11.5 Å². The van der Waals surface area contributed by atoms with E-state index >= 15 is 0 Å². The van der Waals surface area contributed by atoms with Crippen molar-refractivity contribution in [2.75, 3.05) is 20.4 Å². The summed E-state index contributed by atoms with van der Waals surface area (Å²) in [6.45, 7) is 4.53. The van der Waals surface area contributed by atoms with Gasteiger partial charge in [0, 0.05) is 18.0 Å². The molecular formula is C23H24N2O4S. The van der Waals surface area contributed by atoms with Gasteiger partial charge in [-0.2, -0.15) is 0 Å². The highest BCUT2D eigenvalue weighted by Crippen LogP contribution is 2.39. The number of thiazole rings is 1. The lowest BCUT2D eigenvalue weighted by Crippen LogP contribution is -2.25. The molecule has 0 radical (unpaired) electrons. The van der Waals surface area contributed by atoms with Gasteiger partial charge in [-0.25, -0.2) is 4.98 Å². The molecule has 1 aromatic heterocycles. The quantitative estimate of drug-likeness (QED) is 0.607. The van der Waals surface area contributed by atoms with E-state index in [0.29, 0.717) is 17.8 Å². The van der Waals surface area contributed by atoms with E-state index in [9.17, 15) is 4.79 Å². The summed E-state index contributed by atoms with van der Waals surface area (Å²) in [4.78, 5) is 17.6. The van der Waals surface area contributed by atoms with Crippen molar-refractivity contribution in [1.82, 2.24) is 10.3 Å². The Labute approximate surface area is 179 Å². The zero-order valence-electron chi connectivity index (χ0n) is 17.2. The molecule has 2 heterocycles. The topological polar surface area (TPSA) is 69.7 Å². The number of nitrogens with one attached hydrogen (secondary N) is 1. The first kappa shape index (κ1) is 20.2. The normalized spacial score (nSPS) is 13.2. The molecule has 0 saturated carbocycles. The molecule has 7 heteroatoms. The minimum Gasteiger partial charge on any atom is -0.496 e. The fourth-order valence-electron chi connectivity index (χ4n) is 3.74. The van der Waals surface area contributed by atoms with Crippen molar-refractivity contribution in [3.05, 3.63) is 69.2 Å². The third-order valence-electron chi connectivity index (χ3n) is 5.14. The van der Waals surface area contributed by atoms with Crippen LogP contribution in [0.1, 0.15) is 43.8 Å². The van der Waals surface area contributed by atoms with E-state index in [1.807, 2.05) is 50.2 Å². The molecule has 1 aliphatic rings. The Bertz CT molecular complexity index is 1060. The summed E-state index contributed by atoms with van der Waals surface area (Å²) in [5.41, 5.74) is 2.92. The van der Waals surface area contributed by atoms with Gasteiger partial charge in [-0.3, -0.25) is 4.79 Å². The van der Waals surface area contributed by atoms with Gasteiger partial charge < -0.3 is 19.5 Å². The molecule has 1 atom stereocenters. The van der Waals surface area contributed by atoms with Crippen LogP contribution in [0.25, 0.3) is 0 Å². The summed E-state index contributed by atoms with van der Waals surface area (Å²) in [6.07, 6.45) is 0.711. The van der Waals surface area contributed by atoms with E-state index in [1.165, 1.54) is 11.3 Å². The van der Waals surface area contributed by atoms with E-state index in [-0.39, 0.29) is 18.6 Å². The van der Waals surface area contributed by atoms with Crippen LogP contribution in [-0.4, -0.2) is 31.3 Å². The summed E-state index contributed by atoms with van der Waals surface area (Å²) < 4.78 is 16.6. The number of para-hydroxylation sites is 1. The van der Waals surface area contributed by atoms with E-state index in [2.05, 4.69) is 16.4 Å². The first-order chi connectivity index (χ1) is 14.6. The van der Waals surface area contributed by atoms with Gasteiger partial charge >= 0.3 is 0 Å². The van der Waals surface area contributed by atoms with E-state index in [1.54, 1.807) is 7.11 Å². The maximum absolute atomic E-state index is 12.6. The number of rotatable bonds is 7. The molecule has 1 aliphatic heterocycles. The van der Waals surface area contributed by atoms with Gasteiger partial charge in [0.25, 0.3) is 5.91 Å². The zero-order chi connectivity index (χ0) is 21.1. The summed E-state index contributed by atoms with van der Waals surface area (Å²) >= 11 is 1.42. The Balaban J connectivity index is 1.56. The van der Waals surface area contributed by atoms with E-state index in [0.717, 1.165) is 39.1 Å². The molecule has 0 bridgehead atoms. The highest BCUT2D eigenvalue weighted by Gasteiger charge is 2.22. The Morgan fingerprint density at radius 1 is 1.20 bits per heavy atom. The zero-order valence-corrected chi connectivity index (χ0v) is 18.0. The molecule has 30 heavy (non-hydrogen) atoms. The lowest BCUT2D eigenvalue weighted by atomic mass is 9.87. The highest BCUT2D eigenvalue weighted by molar-refractivity contribution is 7.13. The van der Waals surface area contributed by atoms with Crippen LogP contribution >= 0.6 is 11.3 Å². The molecule has 0 aliphatic carbocycles. The number of aromatic nitrogens is 1. The molecule has 4 rings (SSSR count). The number of fused-ring (bicyclic) bond motifs is 1. The maximum atomic E-state index is 12.6. The minimum absolute atomic E-state index is 0.0280. The number of amides is 1. The molecule has 0 saturated heterocycles. The van der Waals surface area contributed by atoms with E-state index < -0.39 is 0 Å². The van der Waals surface area contributed by atoms with Crippen LogP contribution in [0.4, 0.5) is 0 Å². The second-order valence-corrected chi connectivity index (χ2v) is 8.30. The van der Waals surface area contributed by atoms with Gasteiger partial charge in [-0.05, 0) is 44.0 Å². The number of hydrogen-bond donors (Lipinski definition) is 1. The van der Waals surface area contributed by atoms with Crippen molar-refractivity contribution in [3.8, 4) is 17.2 Å². The van der Waals surface area contributed by atoms with Crippen molar-refractivity contribution >= 4 is 17.2 Å². The lowest BCUT2D eigenvalue weighted by molar-refractivity contribution is 0.0956. The Morgan fingerprint density at radius 2 is 2.00 bits per heavy atom. The second kappa shape index (κ2) is 8.75. The van der Waals surface area contributed by atoms with Crippen LogP contribution in [-0.2, 0) is 0 Å². The SMILES string of the molecule is COc1ccccc1C(CCNC(=O)c1sc(C)nc1C)c1ccc2c(c1)OCO2.